The Bertz CT molecular complexity index is 752. The first-order valence-electron chi connectivity index (χ1n) is 7.40. The lowest BCUT2D eigenvalue weighted by Gasteiger charge is -2.27. The maximum Gasteiger partial charge on any atom is 0.573 e. The topological polar surface area (TPSA) is 60.4 Å². The smallest absolute Gasteiger partial charge is 0.403 e. The SMILES string of the molecule is O=C(c1ccc(OC(F)(F)F)c(F)c1)C1CC2CCC(C1)S2(=O)=O. The van der Waals surface area contributed by atoms with Crippen LogP contribution in [0.25, 0.3) is 0 Å². The molecule has 2 saturated heterocycles. The molecule has 0 N–H and O–H groups in total. The summed E-state index contributed by atoms with van der Waals surface area (Å²) in [6.07, 6.45) is -3.63. The third-order valence-electron chi connectivity index (χ3n) is 4.65. The van der Waals surface area contributed by atoms with E-state index in [1.54, 1.807) is 0 Å². The van der Waals surface area contributed by atoms with Crippen LogP contribution in [0.1, 0.15) is 36.0 Å². The Hall–Kier alpha value is -1.64. The maximum absolute atomic E-state index is 13.7. The highest BCUT2D eigenvalue weighted by Crippen LogP contribution is 2.42. The Kier molecular flexibility index (Phi) is 4.09. The van der Waals surface area contributed by atoms with Crippen molar-refractivity contribution in [3.63, 3.8) is 0 Å². The summed E-state index contributed by atoms with van der Waals surface area (Å²) >= 11 is 0. The van der Waals surface area contributed by atoms with E-state index in [0.29, 0.717) is 18.9 Å². The molecule has 0 radical (unpaired) electrons. The average molecular weight is 366 g/mol. The molecule has 2 bridgehead atoms. The normalized spacial score (nSPS) is 28.6. The summed E-state index contributed by atoms with van der Waals surface area (Å²) < 4.78 is 77.6. The fourth-order valence-electron chi connectivity index (χ4n) is 3.52. The number of halogens is 4. The van der Waals surface area contributed by atoms with E-state index < -0.39 is 50.0 Å². The van der Waals surface area contributed by atoms with Crippen molar-refractivity contribution in [2.24, 2.45) is 5.92 Å². The van der Waals surface area contributed by atoms with Gasteiger partial charge in [-0.3, -0.25) is 4.79 Å². The molecule has 1 aromatic carbocycles. The maximum atomic E-state index is 13.7. The van der Waals surface area contributed by atoms with Crippen LogP contribution in [-0.4, -0.2) is 31.1 Å². The predicted molar refractivity (Wildman–Crippen MR) is 75.9 cm³/mol. The highest BCUT2D eigenvalue weighted by atomic mass is 32.2. The van der Waals surface area contributed by atoms with Gasteiger partial charge >= 0.3 is 6.36 Å². The number of ether oxygens (including phenoxy) is 1. The fraction of sp³-hybridized carbons (Fsp3) is 0.533. The number of sulfone groups is 1. The number of benzene rings is 1. The number of hydrogen-bond donors (Lipinski definition) is 0. The molecule has 4 nitrogen and oxygen atoms in total. The molecule has 2 unspecified atom stereocenters. The van der Waals surface area contributed by atoms with Gasteiger partial charge in [-0.2, -0.15) is 0 Å². The molecule has 0 aliphatic carbocycles. The zero-order chi connectivity index (χ0) is 17.7. The van der Waals surface area contributed by atoms with Crippen LogP contribution >= 0.6 is 0 Å². The molecule has 2 fully saturated rings. The quantitative estimate of drug-likeness (QED) is 0.609. The first-order chi connectivity index (χ1) is 11.1. The lowest BCUT2D eigenvalue weighted by molar-refractivity contribution is -0.275. The zero-order valence-electron chi connectivity index (χ0n) is 12.3. The van der Waals surface area contributed by atoms with Gasteiger partial charge in [0, 0.05) is 11.5 Å². The Morgan fingerprint density at radius 3 is 2.21 bits per heavy atom. The zero-order valence-corrected chi connectivity index (χ0v) is 13.2. The molecule has 2 atom stereocenters. The van der Waals surface area contributed by atoms with Crippen molar-refractivity contribution in [1.29, 1.82) is 0 Å². The summed E-state index contributed by atoms with van der Waals surface area (Å²) in [5, 5.41) is -1.11. The number of alkyl halides is 3. The molecule has 3 rings (SSSR count). The highest BCUT2D eigenvalue weighted by molar-refractivity contribution is 7.93. The third-order valence-corrected chi connectivity index (χ3v) is 7.36. The van der Waals surface area contributed by atoms with Crippen molar-refractivity contribution in [2.75, 3.05) is 0 Å². The Morgan fingerprint density at radius 1 is 1.12 bits per heavy atom. The van der Waals surface area contributed by atoms with E-state index in [1.807, 2.05) is 0 Å². The largest absolute Gasteiger partial charge is 0.573 e. The van der Waals surface area contributed by atoms with E-state index >= 15 is 0 Å². The second kappa shape index (κ2) is 5.72. The van der Waals surface area contributed by atoms with Crippen molar-refractivity contribution in [2.45, 2.75) is 42.5 Å². The van der Waals surface area contributed by atoms with Crippen LogP contribution in [0, 0.1) is 11.7 Å². The molecule has 2 aliphatic heterocycles. The summed E-state index contributed by atoms with van der Waals surface area (Å²) in [5.41, 5.74) is -0.0780. The minimum atomic E-state index is -5.02. The number of rotatable bonds is 3. The summed E-state index contributed by atoms with van der Waals surface area (Å²) in [4.78, 5) is 12.5. The van der Waals surface area contributed by atoms with Gasteiger partial charge in [-0.05, 0) is 43.9 Å². The van der Waals surface area contributed by atoms with E-state index in [1.165, 1.54) is 0 Å². The minimum absolute atomic E-state index is 0.0780. The van der Waals surface area contributed by atoms with Crippen LogP contribution < -0.4 is 4.74 Å². The van der Waals surface area contributed by atoms with Gasteiger partial charge < -0.3 is 4.74 Å². The lowest BCUT2D eigenvalue weighted by atomic mass is 9.90. The van der Waals surface area contributed by atoms with Crippen LogP contribution in [0.4, 0.5) is 17.6 Å². The summed E-state index contributed by atoms with van der Waals surface area (Å²) in [6.45, 7) is 0. The lowest BCUT2D eigenvalue weighted by Crippen LogP contribution is -2.36. The number of carbonyl (C=O) groups excluding carboxylic acids is 1. The van der Waals surface area contributed by atoms with Gasteiger partial charge in [0.25, 0.3) is 0 Å². The molecule has 0 aromatic heterocycles. The molecular formula is C15H14F4O4S. The number of carbonyl (C=O) groups is 1. The van der Waals surface area contributed by atoms with Crippen molar-refractivity contribution >= 4 is 15.6 Å². The van der Waals surface area contributed by atoms with Gasteiger partial charge in [0.15, 0.2) is 27.2 Å². The summed E-state index contributed by atoms with van der Waals surface area (Å²) in [5.74, 6) is -3.30. The molecule has 0 spiro atoms. The number of ketones is 1. The number of Topliss-reactive ketones (excluding diaryl/α,β-unsaturated/α-hetero) is 1. The van der Waals surface area contributed by atoms with Crippen molar-refractivity contribution in [3.8, 4) is 5.75 Å². The van der Waals surface area contributed by atoms with Gasteiger partial charge in [0.1, 0.15) is 0 Å². The van der Waals surface area contributed by atoms with E-state index in [0.717, 1.165) is 12.1 Å². The second-order valence-corrected chi connectivity index (χ2v) is 8.65. The highest BCUT2D eigenvalue weighted by Gasteiger charge is 2.48. The molecule has 0 saturated carbocycles. The van der Waals surface area contributed by atoms with Crippen molar-refractivity contribution < 1.29 is 35.5 Å². The summed E-state index contributed by atoms with van der Waals surface area (Å²) in [6, 6.07) is 2.52. The van der Waals surface area contributed by atoms with E-state index in [2.05, 4.69) is 4.74 Å². The summed E-state index contributed by atoms with van der Waals surface area (Å²) in [7, 11) is -3.18. The molecule has 132 valence electrons. The first-order valence-corrected chi connectivity index (χ1v) is 9.01. The van der Waals surface area contributed by atoms with E-state index in [4.69, 9.17) is 0 Å². The second-order valence-electron chi connectivity index (χ2n) is 6.14. The molecule has 1 aromatic rings. The van der Waals surface area contributed by atoms with Crippen LogP contribution in [0.5, 0.6) is 5.75 Å². The Labute approximate surface area is 135 Å². The fourth-order valence-corrected chi connectivity index (χ4v) is 5.99. The van der Waals surface area contributed by atoms with Gasteiger partial charge in [-0.25, -0.2) is 12.8 Å². The van der Waals surface area contributed by atoms with Crippen LogP contribution in [0.15, 0.2) is 18.2 Å². The van der Waals surface area contributed by atoms with Gasteiger partial charge in [-0.15, -0.1) is 13.2 Å². The molecule has 2 heterocycles. The van der Waals surface area contributed by atoms with Crippen molar-refractivity contribution in [1.82, 2.24) is 0 Å². The van der Waals surface area contributed by atoms with E-state index in [9.17, 15) is 30.8 Å². The molecule has 0 amide bonds. The van der Waals surface area contributed by atoms with E-state index in [-0.39, 0.29) is 18.4 Å². The van der Waals surface area contributed by atoms with Crippen LogP contribution in [-0.2, 0) is 9.84 Å². The minimum Gasteiger partial charge on any atom is -0.403 e. The average Bonchev–Trinajstić information content (AvgIpc) is 2.66. The molecule has 9 heteroatoms. The Morgan fingerprint density at radius 2 is 1.71 bits per heavy atom. The first kappa shape index (κ1) is 17.2. The third kappa shape index (κ3) is 3.13. The monoisotopic (exact) mass is 366 g/mol. The number of fused-ring (bicyclic) bond motifs is 2. The molecule has 2 aliphatic rings. The number of hydrogen-bond acceptors (Lipinski definition) is 4. The molecule has 24 heavy (non-hydrogen) atoms. The van der Waals surface area contributed by atoms with Gasteiger partial charge in [-0.1, -0.05) is 0 Å². The van der Waals surface area contributed by atoms with Gasteiger partial charge in [0.05, 0.1) is 10.5 Å². The van der Waals surface area contributed by atoms with Gasteiger partial charge in [0.2, 0.25) is 0 Å². The Balaban J connectivity index is 1.78. The van der Waals surface area contributed by atoms with Crippen molar-refractivity contribution in [3.05, 3.63) is 29.6 Å². The van der Waals surface area contributed by atoms with Crippen LogP contribution in [0.3, 0.4) is 0 Å². The van der Waals surface area contributed by atoms with Crippen LogP contribution in [0.2, 0.25) is 0 Å². The standard InChI is InChI=1S/C15H14F4O4S/c16-12-7-8(1-4-13(12)23-15(17,18)19)14(20)9-5-10-2-3-11(6-9)24(10,21)22/h1,4,7,9-11H,2-3,5-6H2. The predicted octanol–water partition coefficient (Wildman–Crippen LogP) is 3.26. The molecular weight excluding hydrogens is 352 g/mol.